The number of nitrogens with one attached hydrogen (secondary N) is 1. The van der Waals surface area contributed by atoms with Crippen LogP contribution in [0, 0.1) is 23.2 Å². The van der Waals surface area contributed by atoms with Crippen molar-refractivity contribution in [3.63, 3.8) is 0 Å². The molecule has 0 amide bonds. The van der Waals surface area contributed by atoms with Crippen LogP contribution in [0.4, 0.5) is 11.4 Å². The van der Waals surface area contributed by atoms with Crippen molar-refractivity contribution in [2.24, 2.45) is 17.6 Å². The largest absolute Gasteiger partial charge is 0.378 e. The number of anilines is 2. The fourth-order valence-electron chi connectivity index (χ4n) is 9.87. The maximum absolute atomic E-state index is 10.0. The normalized spacial score (nSPS) is 32.9. The SMILES string of the molecule is CC12CCC=CC1c1ccccc1N2C/C=C(\CC(N)N1c2ccccc2C2CCC=CC21)C1C=CC=C(C2CCCCC2C#N)N1. The van der Waals surface area contributed by atoms with Crippen molar-refractivity contribution >= 4 is 11.4 Å². The van der Waals surface area contributed by atoms with Crippen LogP contribution in [0.5, 0.6) is 0 Å². The summed E-state index contributed by atoms with van der Waals surface area (Å²) in [6, 6.07) is 20.9. The summed E-state index contributed by atoms with van der Waals surface area (Å²) in [4.78, 5) is 5.18. The quantitative estimate of drug-likeness (QED) is 0.304. The second-order valence-corrected chi connectivity index (χ2v) is 14.8. The molecule has 6 aliphatic rings. The zero-order valence-electron chi connectivity index (χ0n) is 27.8. The third-order valence-corrected chi connectivity index (χ3v) is 12.3. The average Bonchev–Trinajstić information content (AvgIpc) is 3.59. The third kappa shape index (κ3) is 5.26. The summed E-state index contributed by atoms with van der Waals surface area (Å²) in [7, 11) is 0. The fourth-order valence-corrected chi connectivity index (χ4v) is 9.87. The second kappa shape index (κ2) is 12.5. The van der Waals surface area contributed by atoms with Gasteiger partial charge < -0.3 is 20.9 Å². The Balaban J connectivity index is 1.13. The Morgan fingerprint density at radius 2 is 1.77 bits per heavy atom. The van der Waals surface area contributed by atoms with Gasteiger partial charge in [-0.3, -0.25) is 0 Å². The lowest BCUT2D eigenvalue weighted by Gasteiger charge is -2.42. The van der Waals surface area contributed by atoms with E-state index in [1.165, 1.54) is 46.6 Å². The standard InChI is InChI=1S/C42H49N5/c1-42-25-11-10-18-35(42)34-17-6-7-21-38(34)46(42)26-24-29(36-19-12-20-37(45-36)31-14-3-2-13-30(31)28-43)27-41(44)47-39-22-8-4-15-32(39)33-16-5-9-23-40(33)47/h4,6-10,12,15,17-24,30-31,33,35-36,40-41,45H,2-3,5,11,13-14,16,25-27,44H2,1H3/b29-24+. The molecule has 0 radical (unpaired) electrons. The van der Waals surface area contributed by atoms with Crippen LogP contribution in [0.15, 0.2) is 108 Å². The number of nitrogens with zero attached hydrogens (tertiary/aromatic N) is 3. The van der Waals surface area contributed by atoms with Gasteiger partial charge in [0.25, 0.3) is 0 Å². The molecule has 8 atom stereocenters. The lowest BCUT2D eigenvalue weighted by Crippen LogP contribution is -2.49. The van der Waals surface area contributed by atoms with Gasteiger partial charge in [-0.2, -0.15) is 5.26 Å². The van der Waals surface area contributed by atoms with Gasteiger partial charge in [0.1, 0.15) is 0 Å². The van der Waals surface area contributed by atoms with Gasteiger partial charge in [-0.15, -0.1) is 0 Å². The van der Waals surface area contributed by atoms with Crippen LogP contribution < -0.4 is 20.9 Å². The van der Waals surface area contributed by atoms with Gasteiger partial charge in [0, 0.05) is 53.3 Å². The van der Waals surface area contributed by atoms with Crippen LogP contribution >= 0.6 is 0 Å². The summed E-state index contributed by atoms with van der Waals surface area (Å²) in [6.45, 7) is 3.31. The number of dihydropyridines is 1. The molecule has 8 rings (SSSR count). The summed E-state index contributed by atoms with van der Waals surface area (Å²) in [6.07, 6.45) is 28.4. The molecular weight excluding hydrogens is 574 g/mol. The maximum atomic E-state index is 10.0. The lowest BCUT2D eigenvalue weighted by molar-refractivity contribution is 0.314. The van der Waals surface area contributed by atoms with Crippen molar-refractivity contribution in [3.05, 3.63) is 120 Å². The molecule has 0 aromatic heterocycles. The lowest BCUT2D eigenvalue weighted by atomic mass is 9.76. The van der Waals surface area contributed by atoms with Gasteiger partial charge in [-0.25, -0.2) is 0 Å². The molecule has 2 aromatic carbocycles. The van der Waals surface area contributed by atoms with Gasteiger partial charge in [0.2, 0.25) is 0 Å². The minimum Gasteiger partial charge on any atom is -0.378 e. The van der Waals surface area contributed by atoms with Crippen LogP contribution in [0.25, 0.3) is 0 Å². The van der Waals surface area contributed by atoms with Crippen LogP contribution in [0.2, 0.25) is 0 Å². The minimum absolute atomic E-state index is 0.0468. The van der Waals surface area contributed by atoms with E-state index < -0.39 is 0 Å². The fraction of sp³-hybridized carbons (Fsp3) is 0.452. The van der Waals surface area contributed by atoms with E-state index in [2.05, 4.69) is 125 Å². The minimum atomic E-state index is -0.155. The summed E-state index contributed by atoms with van der Waals surface area (Å²) in [5.41, 5.74) is 15.5. The topological polar surface area (TPSA) is 68.3 Å². The molecule has 8 unspecified atom stereocenters. The molecule has 1 saturated carbocycles. The Morgan fingerprint density at radius 1 is 0.979 bits per heavy atom. The van der Waals surface area contributed by atoms with Crippen molar-refractivity contribution in [2.45, 2.75) is 100 Å². The van der Waals surface area contributed by atoms with Crippen LogP contribution in [0.3, 0.4) is 0 Å². The van der Waals surface area contributed by atoms with E-state index in [4.69, 9.17) is 5.73 Å². The molecule has 2 aromatic rings. The van der Waals surface area contributed by atoms with Crippen molar-refractivity contribution in [3.8, 4) is 6.07 Å². The van der Waals surface area contributed by atoms with Gasteiger partial charge in [-0.05, 0) is 80.4 Å². The summed E-state index contributed by atoms with van der Waals surface area (Å²) in [5.74, 6) is 1.27. The highest BCUT2D eigenvalue weighted by molar-refractivity contribution is 5.67. The maximum Gasteiger partial charge on any atom is 0.0815 e. The summed E-state index contributed by atoms with van der Waals surface area (Å²) >= 11 is 0. The predicted molar refractivity (Wildman–Crippen MR) is 193 cm³/mol. The number of fused-ring (bicyclic) bond motifs is 6. The molecule has 5 nitrogen and oxygen atoms in total. The molecule has 3 N–H and O–H groups in total. The first-order valence-corrected chi connectivity index (χ1v) is 18.1. The molecule has 0 saturated heterocycles. The molecule has 3 heterocycles. The number of hydrogen-bond acceptors (Lipinski definition) is 5. The van der Waals surface area contributed by atoms with E-state index in [9.17, 15) is 5.26 Å². The second-order valence-electron chi connectivity index (χ2n) is 14.8. The zero-order valence-corrected chi connectivity index (χ0v) is 27.8. The van der Waals surface area contributed by atoms with E-state index in [1.54, 1.807) is 0 Å². The molecule has 47 heavy (non-hydrogen) atoms. The monoisotopic (exact) mass is 623 g/mol. The Hall–Kier alpha value is -4.01. The summed E-state index contributed by atoms with van der Waals surface area (Å²) in [5, 5.41) is 14.0. The Kier molecular flexibility index (Phi) is 8.10. The Bertz CT molecular complexity index is 1690. The number of hydrogen-bond donors (Lipinski definition) is 2. The van der Waals surface area contributed by atoms with Crippen LogP contribution in [-0.2, 0) is 0 Å². The zero-order chi connectivity index (χ0) is 32.0. The van der Waals surface area contributed by atoms with Gasteiger partial charge >= 0.3 is 0 Å². The summed E-state index contributed by atoms with van der Waals surface area (Å²) < 4.78 is 0. The van der Waals surface area contributed by atoms with Crippen LogP contribution in [0.1, 0.15) is 87.7 Å². The molecule has 3 aliphatic heterocycles. The van der Waals surface area contributed by atoms with Gasteiger partial charge in [-0.1, -0.05) is 91.8 Å². The highest BCUT2D eigenvalue weighted by Crippen LogP contribution is 2.52. The molecular formula is C42H49N5. The molecule has 0 spiro atoms. The number of nitriles is 1. The average molecular weight is 624 g/mol. The van der Waals surface area contributed by atoms with E-state index in [0.29, 0.717) is 17.9 Å². The van der Waals surface area contributed by atoms with Gasteiger partial charge in [0.05, 0.1) is 30.2 Å². The van der Waals surface area contributed by atoms with E-state index in [-0.39, 0.29) is 29.6 Å². The smallest absolute Gasteiger partial charge is 0.0815 e. The first-order valence-electron chi connectivity index (χ1n) is 18.1. The number of benzene rings is 2. The molecule has 3 aliphatic carbocycles. The number of nitrogens with two attached hydrogens (primary N) is 1. The van der Waals surface area contributed by atoms with Gasteiger partial charge in [0.15, 0.2) is 0 Å². The molecule has 0 bridgehead atoms. The number of allylic oxidation sites excluding steroid dienone is 5. The molecule has 1 fully saturated rings. The third-order valence-electron chi connectivity index (χ3n) is 12.3. The van der Waals surface area contributed by atoms with E-state index in [1.807, 2.05) is 0 Å². The highest BCUT2D eigenvalue weighted by Gasteiger charge is 2.47. The van der Waals surface area contributed by atoms with E-state index >= 15 is 0 Å². The Morgan fingerprint density at radius 3 is 2.64 bits per heavy atom. The first kappa shape index (κ1) is 30.3. The number of para-hydroxylation sites is 2. The molecule has 5 heteroatoms. The van der Waals surface area contributed by atoms with Crippen molar-refractivity contribution in [1.82, 2.24) is 5.32 Å². The first-order chi connectivity index (χ1) is 23.1. The molecule has 242 valence electrons. The van der Waals surface area contributed by atoms with Crippen molar-refractivity contribution in [2.75, 3.05) is 16.3 Å². The van der Waals surface area contributed by atoms with Crippen molar-refractivity contribution < 1.29 is 0 Å². The number of rotatable bonds is 7. The van der Waals surface area contributed by atoms with Crippen LogP contribution in [-0.4, -0.2) is 30.3 Å². The van der Waals surface area contributed by atoms with E-state index in [0.717, 1.165) is 51.5 Å². The van der Waals surface area contributed by atoms with Crippen molar-refractivity contribution in [1.29, 1.82) is 5.26 Å². The highest BCUT2D eigenvalue weighted by atomic mass is 15.3. The predicted octanol–water partition coefficient (Wildman–Crippen LogP) is 8.36. The Labute approximate surface area is 281 Å².